The van der Waals surface area contributed by atoms with Crippen molar-refractivity contribution in [1.29, 1.82) is 0 Å². The van der Waals surface area contributed by atoms with Crippen LogP contribution in [-0.2, 0) is 0 Å². The zero-order chi connectivity index (χ0) is 9.97. The van der Waals surface area contributed by atoms with Crippen molar-refractivity contribution in [1.82, 2.24) is 15.5 Å². The molecule has 0 amide bonds. The quantitative estimate of drug-likeness (QED) is 0.705. The van der Waals surface area contributed by atoms with Gasteiger partial charge in [-0.25, -0.2) is 4.79 Å². The minimum atomic E-state index is -1.14. The van der Waals surface area contributed by atoms with Crippen LogP contribution < -0.4 is 5.32 Å². The summed E-state index contributed by atoms with van der Waals surface area (Å²) in [4.78, 5) is 14.3. The van der Waals surface area contributed by atoms with Gasteiger partial charge in [-0.1, -0.05) is 0 Å². The first-order chi connectivity index (χ1) is 6.77. The minimum Gasteiger partial charge on any atom is -0.475 e. The van der Waals surface area contributed by atoms with E-state index in [1.54, 1.807) is 0 Å². The normalized spacial score (nSPS) is 18.3. The van der Waals surface area contributed by atoms with Crippen molar-refractivity contribution in [3.05, 3.63) is 11.7 Å². The standard InChI is InChI=1S/C8H11N3O3/c12-8(13)6-10-7(14-11-6)5-1-3-9-4-2-5/h5,9H,1-4H2,(H,12,13). The average molecular weight is 197 g/mol. The van der Waals surface area contributed by atoms with E-state index in [1.807, 2.05) is 0 Å². The van der Waals surface area contributed by atoms with Crippen molar-refractivity contribution >= 4 is 5.97 Å². The predicted octanol–water partition coefficient (Wildman–Crippen LogP) is 0.235. The lowest BCUT2D eigenvalue weighted by atomic mass is 9.98. The van der Waals surface area contributed by atoms with E-state index >= 15 is 0 Å². The van der Waals surface area contributed by atoms with Gasteiger partial charge >= 0.3 is 5.97 Å². The van der Waals surface area contributed by atoms with Gasteiger partial charge in [0.1, 0.15) is 0 Å². The largest absolute Gasteiger partial charge is 0.475 e. The van der Waals surface area contributed by atoms with Crippen LogP contribution in [0.5, 0.6) is 0 Å². The molecule has 0 atom stereocenters. The van der Waals surface area contributed by atoms with E-state index in [9.17, 15) is 4.79 Å². The van der Waals surface area contributed by atoms with Gasteiger partial charge in [0.15, 0.2) is 0 Å². The van der Waals surface area contributed by atoms with Crippen molar-refractivity contribution < 1.29 is 14.4 Å². The molecule has 1 aromatic heterocycles. The monoisotopic (exact) mass is 197 g/mol. The molecule has 1 aliphatic rings. The van der Waals surface area contributed by atoms with Crippen LogP contribution in [0, 0.1) is 0 Å². The molecule has 1 fully saturated rings. The Morgan fingerprint density at radius 2 is 2.21 bits per heavy atom. The highest BCUT2D eigenvalue weighted by Crippen LogP contribution is 2.23. The minimum absolute atomic E-state index is 0.205. The number of carbonyl (C=O) groups is 1. The van der Waals surface area contributed by atoms with Crippen LogP contribution >= 0.6 is 0 Å². The van der Waals surface area contributed by atoms with Crippen molar-refractivity contribution in [3.63, 3.8) is 0 Å². The number of carboxylic acid groups (broad SMARTS) is 1. The third kappa shape index (κ3) is 1.74. The Morgan fingerprint density at radius 1 is 1.50 bits per heavy atom. The maximum absolute atomic E-state index is 10.5. The van der Waals surface area contributed by atoms with Crippen LogP contribution in [0.15, 0.2) is 4.52 Å². The fourth-order valence-electron chi connectivity index (χ4n) is 1.56. The lowest BCUT2D eigenvalue weighted by Gasteiger charge is -2.18. The lowest BCUT2D eigenvalue weighted by Crippen LogP contribution is -2.26. The molecule has 2 rings (SSSR count). The van der Waals surface area contributed by atoms with Crippen molar-refractivity contribution in [2.24, 2.45) is 0 Å². The van der Waals surface area contributed by atoms with Crippen molar-refractivity contribution in [2.45, 2.75) is 18.8 Å². The second kappa shape index (κ2) is 3.75. The van der Waals surface area contributed by atoms with Crippen molar-refractivity contribution in [2.75, 3.05) is 13.1 Å². The molecule has 1 aliphatic heterocycles. The van der Waals surface area contributed by atoms with Gasteiger partial charge in [-0.2, -0.15) is 4.98 Å². The van der Waals surface area contributed by atoms with Crippen LogP contribution in [0.25, 0.3) is 0 Å². The smallest absolute Gasteiger partial charge is 0.377 e. The molecule has 6 nitrogen and oxygen atoms in total. The lowest BCUT2D eigenvalue weighted by molar-refractivity contribution is 0.0680. The molecule has 0 aromatic carbocycles. The summed E-state index contributed by atoms with van der Waals surface area (Å²) < 4.78 is 4.90. The molecule has 0 bridgehead atoms. The summed E-state index contributed by atoms with van der Waals surface area (Å²) in [6.07, 6.45) is 1.84. The third-order valence-corrected chi connectivity index (χ3v) is 2.32. The Labute approximate surface area is 80.3 Å². The number of piperidine rings is 1. The van der Waals surface area contributed by atoms with E-state index in [1.165, 1.54) is 0 Å². The summed E-state index contributed by atoms with van der Waals surface area (Å²) in [5.41, 5.74) is 0. The Kier molecular flexibility index (Phi) is 2.45. The number of aromatic carboxylic acids is 1. The molecule has 0 spiro atoms. The number of nitrogens with one attached hydrogen (secondary N) is 1. The van der Waals surface area contributed by atoms with E-state index in [0.29, 0.717) is 5.89 Å². The van der Waals surface area contributed by atoms with Crippen LogP contribution in [0.2, 0.25) is 0 Å². The Hall–Kier alpha value is -1.43. The summed E-state index contributed by atoms with van der Waals surface area (Å²) in [6.45, 7) is 1.82. The van der Waals surface area contributed by atoms with E-state index in [-0.39, 0.29) is 11.7 Å². The zero-order valence-corrected chi connectivity index (χ0v) is 7.56. The van der Waals surface area contributed by atoms with Crippen LogP contribution in [0.1, 0.15) is 35.3 Å². The number of nitrogens with zero attached hydrogens (tertiary/aromatic N) is 2. The van der Waals surface area contributed by atoms with Crippen LogP contribution in [0.4, 0.5) is 0 Å². The summed E-state index contributed by atoms with van der Waals surface area (Å²) >= 11 is 0. The van der Waals surface area contributed by atoms with E-state index in [0.717, 1.165) is 25.9 Å². The highest BCUT2D eigenvalue weighted by Gasteiger charge is 2.22. The molecule has 0 unspecified atom stereocenters. The number of aromatic nitrogens is 2. The van der Waals surface area contributed by atoms with Gasteiger partial charge in [0.25, 0.3) is 5.82 Å². The molecular weight excluding hydrogens is 186 g/mol. The van der Waals surface area contributed by atoms with Gasteiger partial charge in [0.05, 0.1) is 0 Å². The molecule has 2 heterocycles. The Morgan fingerprint density at radius 3 is 2.79 bits per heavy atom. The predicted molar refractivity (Wildman–Crippen MR) is 46.1 cm³/mol. The topological polar surface area (TPSA) is 88.2 Å². The third-order valence-electron chi connectivity index (χ3n) is 2.32. The molecule has 2 N–H and O–H groups in total. The summed E-state index contributed by atoms with van der Waals surface area (Å²) in [5.74, 6) is -0.742. The van der Waals surface area contributed by atoms with Gasteiger partial charge in [0, 0.05) is 5.92 Å². The molecule has 0 aliphatic carbocycles. The first-order valence-corrected chi connectivity index (χ1v) is 4.55. The van der Waals surface area contributed by atoms with Gasteiger partial charge in [0.2, 0.25) is 5.89 Å². The summed E-state index contributed by atoms with van der Waals surface area (Å²) in [7, 11) is 0. The van der Waals surface area contributed by atoms with Crippen LogP contribution in [-0.4, -0.2) is 34.3 Å². The first-order valence-electron chi connectivity index (χ1n) is 4.55. The van der Waals surface area contributed by atoms with E-state index in [4.69, 9.17) is 9.63 Å². The highest BCUT2D eigenvalue weighted by molar-refractivity contribution is 5.82. The second-order valence-electron chi connectivity index (χ2n) is 3.29. The summed E-state index contributed by atoms with van der Waals surface area (Å²) in [5, 5.41) is 15.2. The first kappa shape index (κ1) is 9.14. The second-order valence-corrected chi connectivity index (χ2v) is 3.29. The molecular formula is C8H11N3O3. The Bertz CT molecular complexity index is 330. The fourth-order valence-corrected chi connectivity index (χ4v) is 1.56. The SMILES string of the molecule is O=C(O)c1noc(C2CCNCC2)n1. The molecule has 14 heavy (non-hydrogen) atoms. The maximum Gasteiger partial charge on any atom is 0.377 e. The maximum atomic E-state index is 10.5. The molecule has 6 heteroatoms. The van der Waals surface area contributed by atoms with Crippen molar-refractivity contribution in [3.8, 4) is 0 Å². The number of hydrogen-bond donors (Lipinski definition) is 2. The van der Waals surface area contributed by atoms with Crippen LogP contribution in [0.3, 0.4) is 0 Å². The Balaban J connectivity index is 2.11. The fraction of sp³-hybridized carbons (Fsp3) is 0.625. The van der Waals surface area contributed by atoms with Gasteiger partial charge in [-0.15, -0.1) is 0 Å². The number of hydrogen-bond acceptors (Lipinski definition) is 5. The zero-order valence-electron chi connectivity index (χ0n) is 7.56. The molecule has 1 aromatic rings. The summed E-state index contributed by atoms with van der Waals surface area (Å²) in [6, 6.07) is 0. The number of carboxylic acids is 1. The molecule has 0 radical (unpaired) electrons. The average Bonchev–Trinajstić information content (AvgIpc) is 2.68. The highest BCUT2D eigenvalue weighted by atomic mass is 16.5. The molecule has 1 saturated heterocycles. The van der Waals surface area contributed by atoms with Gasteiger partial charge in [-0.3, -0.25) is 0 Å². The van der Waals surface area contributed by atoms with E-state index < -0.39 is 5.97 Å². The van der Waals surface area contributed by atoms with Gasteiger partial charge in [-0.05, 0) is 31.1 Å². The van der Waals surface area contributed by atoms with Gasteiger partial charge < -0.3 is 14.9 Å². The van der Waals surface area contributed by atoms with E-state index in [2.05, 4.69) is 15.5 Å². The number of rotatable bonds is 2. The molecule has 76 valence electrons. The molecule has 0 saturated carbocycles.